The van der Waals surface area contributed by atoms with Crippen LogP contribution in [0.2, 0.25) is 0 Å². The van der Waals surface area contributed by atoms with Crippen molar-refractivity contribution in [2.75, 3.05) is 6.61 Å². The SMILES string of the molecule is CCOC(=O)c1cccc(N=Cc2ccn(C(C)C)c2)c1. The molecule has 0 aliphatic rings. The van der Waals surface area contributed by atoms with Gasteiger partial charge in [-0.3, -0.25) is 4.99 Å². The fourth-order valence-corrected chi connectivity index (χ4v) is 1.90. The normalized spacial score (nSPS) is 11.2. The molecule has 1 heterocycles. The number of hydrogen-bond donors (Lipinski definition) is 0. The number of carbonyl (C=O) groups is 1. The Labute approximate surface area is 125 Å². The standard InChI is InChI=1S/C17H20N2O2/c1-4-21-17(20)15-6-5-7-16(10-15)18-11-14-8-9-19(12-14)13(2)3/h5-13H,4H2,1-3H3. The van der Waals surface area contributed by atoms with Gasteiger partial charge in [-0.15, -0.1) is 0 Å². The zero-order valence-electron chi connectivity index (χ0n) is 12.6. The highest BCUT2D eigenvalue weighted by Gasteiger charge is 2.06. The summed E-state index contributed by atoms with van der Waals surface area (Å²) in [6.45, 7) is 6.42. The third-order valence-corrected chi connectivity index (χ3v) is 3.05. The lowest BCUT2D eigenvalue weighted by molar-refractivity contribution is 0.0526. The summed E-state index contributed by atoms with van der Waals surface area (Å²) in [5.41, 5.74) is 2.29. The Balaban J connectivity index is 2.13. The minimum Gasteiger partial charge on any atom is -0.462 e. The van der Waals surface area contributed by atoms with E-state index >= 15 is 0 Å². The quantitative estimate of drug-likeness (QED) is 0.615. The van der Waals surface area contributed by atoms with Gasteiger partial charge in [0.2, 0.25) is 0 Å². The Morgan fingerprint density at radius 1 is 1.38 bits per heavy atom. The number of ether oxygens (including phenoxy) is 1. The molecule has 0 saturated heterocycles. The summed E-state index contributed by atoms with van der Waals surface area (Å²) in [6, 6.07) is 9.56. The van der Waals surface area contributed by atoms with Gasteiger partial charge in [0.1, 0.15) is 0 Å². The first-order valence-electron chi connectivity index (χ1n) is 7.09. The van der Waals surface area contributed by atoms with E-state index in [1.807, 2.05) is 24.5 Å². The van der Waals surface area contributed by atoms with Gasteiger partial charge >= 0.3 is 5.97 Å². The molecule has 0 bridgehead atoms. The van der Waals surface area contributed by atoms with Crippen LogP contribution in [0, 0.1) is 0 Å². The van der Waals surface area contributed by atoms with Crippen molar-refractivity contribution < 1.29 is 9.53 Å². The van der Waals surface area contributed by atoms with Crippen molar-refractivity contribution >= 4 is 17.9 Å². The average molecular weight is 284 g/mol. The molecule has 0 N–H and O–H groups in total. The molecule has 0 saturated carbocycles. The average Bonchev–Trinajstić information content (AvgIpc) is 2.95. The van der Waals surface area contributed by atoms with E-state index in [0.717, 1.165) is 11.3 Å². The Bertz CT molecular complexity index is 642. The number of benzene rings is 1. The summed E-state index contributed by atoms with van der Waals surface area (Å²) >= 11 is 0. The topological polar surface area (TPSA) is 43.6 Å². The van der Waals surface area contributed by atoms with Gasteiger partial charge in [0, 0.05) is 30.2 Å². The molecule has 2 rings (SSSR count). The van der Waals surface area contributed by atoms with Crippen LogP contribution in [0.25, 0.3) is 0 Å². The molecule has 0 spiro atoms. The lowest BCUT2D eigenvalue weighted by atomic mass is 10.2. The highest BCUT2D eigenvalue weighted by Crippen LogP contribution is 2.15. The van der Waals surface area contributed by atoms with Crippen molar-refractivity contribution in [1.29, 1.82) is 0 Å². The predicted octanol–water partition coefficient (Wildman–Crippen LogP) is 4.00. The molecule has 0 atom stereocenters. The van der Waals surface area contributed by atoms with Gasteiger partial charge in [0.05, 0.1) is 17.9 Å². The zero-order chi connectivity index (χ0) is 15.2. The first kappa shape index (κ1) is 15.0. The van der Waals surface area contributed by atoms with Crippen LogP contribution in [0.5, 0.6) is 0 Å². The number of aromatic nitrogens is 1. The lowest BCUT2D eigenvalue weighted by Gasteiger charge is -2.04. The van der Waals surface area contributed by atoms with Gasteiger partial charge in [0.25, 0.3) is 0 Å². The van der Waals surface area contributed by atoms with Crippen LogP contribution in [-0.2, 0) is 4.74 Å². The Morgan fingerprint density at radius 3 is 2.86 bits per heavy atom. The molecular formula is C17H20N2O2. The minimum atomic E-state index is -0.319. The number of aliphatic imine (C=N–C) groups is 1. The van der Waals surface area contributed by atoms with E-state index < -0.39 is 0 Å². The first-order valence-corrected chi connectivity index (χ1v) is 7.09. The van der Waals surface area contributed by atoms with Crippen molar-refractivity contribution in [2.24, 2.45) is 4.99 Å². The number of esters is 1. The molecule has 0 amide bonds. The largest absolute Gasteiger partial charge is 0.462 e. The molecule has 1 aromatic heterocycles. The number of hydrogen-bond acceptors (Lipinski definition) is 3. The summed E-state index contributed by atoms with van der Waals surface area (Å²) in [4.78, 5) is 16.1. The van der Waals surface area contributed by atoms with Crippen LogP contribution < -0.4 is 0 Å². The van der Waals surface area contributed by atoms with Crippen LogP contribution in [-0.4, -0.2) is 23.4 Å². The van der Waals surface area contributed by atoms with E-state index in [9.17, 15) is 4.79 Å². The van der Waals surface area contributed by atoms with Gasteiger partial charge in [-0.25, -0.2) is 4.79 Å². The molecule has 0 aliphatic heterocycles. The summed E-state index contributed by atoms with van der Waals surface area (Å²) in [7, 11) is 0. The van der Waals surface area contributed by atoms with Gasteiger partial charge in [-0.05, 0) is 45.0 Å². The second-order valence-corrected chi connectivity index (χ2v) is 5.01. The summed E-state index contributed by atoms with van der Waals surface area (Å²) in [5, 5.41) is 0. The minimum absolute atomic E-state index is 0.319. The summed E-state index contributed by atoms with van der Waals surface area (Å²) in [6.07, 6.45) is 5.87. The lowest BCUT2D eigenvalue weighted by Crippen LogP contribution is -2.03. The molecule has 0 aliphatic carbocycles. The number of rotatable bonds is 5. The third-order valence-electron chi connectivity index (χ3n) is 3.05. The van der Waals surface area contributed by atoms with E-state index in [4.69, 9.17) is 4.74 Å². The fraction of sp³-hybridized carbons (Fsp3) is 0.294. The molecule has 21 heavy (non-hydrogen) atoms. The van der Waals surface area contributed by atoms with Gasteiger partial charge < -0.3 is 9.30 Å². The van der Waals surface area contributed by atoms with Crippen LogP contribution in [0.15, 0.2) is 47.7 Å². The molecule has 0 radical (unpaired) electrons. The van der Waals surface area contributed by atoms with Crippen molar-refractivity contribution in [1.82, 2.24) is 4.57 Å². The second kappa shape index (κ2) is 6.88. The van der Waals surface area contributed by atoms with E-state index in [0.29, 0.717) is 18.2 Å². The zero-order valence-corrected chi connectivity index (χ0v) is 12.6. The van der Waals surface area contributed by atoms with Crippen LogP contribution in [0.3, 0.4) is 0 Å². The third kappa shape index (κ3) is 4.05. The number of carbonyl (C=O) groups excluding carboxylic acids is 1. The van der Waals surface area contributed by atoms with E-state index in [2.05, 4.69) is 23.4 Å². The van der Waals surface area contributed by atoms with Crippen molar-refractivity contribution in [3.63, 3.8) is 0 Å². The first-order chi connectivity index (χ1) is 10.1. The van der Waals surface area contributed by atoms with Crippen LogP contribution in [0.4, 0.5) is 5.69 Å². The molecular weight excluding hydrogens is 264 g/mol. The van der Waals surface area contributed by atoms with E-state index in [1.54, 1.807) is 31.3 Å². The highest BCUT2D eigenvalue weighted by atomic mass is 16.5. The molecule has 0 unspecified atom stereocenters. The summed E-state index contributed by atoms with van der Waals surface area (Å²) < 4.78 is 7.10. The van der Waals surface area contributed by atoms with Gasteiger partial charge in [-0.2, -0.15) is 0 Å². The van der Waals surface area contributed by atoms with Crippen molar-refractivity contribution in [3.8, 4) is 0 Å². The maximum atomic E-state index is 11.7. The smallest absolute Gasteiger partial charge is 0.338 e. The molecule has 110 valence electrons. The van der Waals surface area contributed by atoms with Crippen molar-refractivity contribution in [2.45, 2.75) is 26.8 Å². The Morgan fingerprint density at radius 2 is 2.19 bits per heavy atom. The Kier molecular flexibility index (Phi) is 4.93. The molecule has 4 nitrogen and oxygen atoms in total. The maximum Gasteiger partial charge on any atom is 0.338 e. The molecule has 0 fully saturated rings. The number of nitrogens with zero attached hydrogens (tertiary/aromatic N) is 2. The van der Waals surface area contributed by atoms with Gasteiger partial charge in [-0.1, -0.05) is 6.07 Å². The van der Waals surface area contributed by atoms with E-state index in [-0.39, 0.29) is 5.97 Å². The maximum absolute atomic E-state index is 11.7. The van der Waals surface area contributed by atoms with Gasteiger partial charge in [0.15, 0.2) is 0 Å². The molecule has 4 heteroatoms. The highest BCUT2D eigenvalue weighted by molar-refractivity contribution is 5.91. The predicted molar refractivity (Wildman–Crippen MR) is 84.5 cm³/mol. The van der Waals surface area contributed by atoms with Crippen LogP contribution in [0.1, 0.15) is 42.7 Å². The van der Waals surface area contributed by atoms with E-state index in [1.165, 1.54) is 0 Å². The monoisotopic (exact) mass is 284 g/mol. The second-order valence-electron chi connectivity index (χ2n) is 5.01. The fourth-order valence-electron chi connectivity index (χ4n) is 1.90. The molecule has 2 aromatic rings. The summed E-state index contributed by atoms with van der Waals surface area (Å²) in [5.74, 6) is -0.319. The molecule has 1 aromatic carbocycles. The van der Waals surface area contributed by atoms with Crippen LogP contribution >= 0.6 is 0 Å². The van der Waals surface area contributed by atoms with Crippen molar-refractivity contribution in [3.05, 3.63) is 53.9 Å². The Hall–Kier alpha value is -2.36.